The van der Waals surface area contributed by atoms with E-state index in [0.29, 0.717) is 35.2 Å². The van der Waals surface area contributed by atoms with Crippen molar-refractivity contribution in [1.29, 1.82) is 0 Å². The first-order chi connectivity index (χ1) is 16.7. The molecule has 0 bridgehead atoms. The molecule has 4 atom stereocenters. The molecule has 0 fully saturated rings. The largest absolute Gasteiger partial charge is 0.468 e. The number of hydrogen-bond donors (Lipinski definition) is 1. The number of Topliss-reactive ketones (excluding diaryl/α,β-unsaturated/α-hetero) is 1. The Morgan fingerprint density at radius 3 is 2.63 bits per heavy atom. The minimum atomic E-state index is -1.05. The molecule has 8 nitrogen and oxygen atoms in total. The number of fused-ring (bicyclic) bond motifs is 1. The van der Waals surface area contributed by atoms with Crippen LogP contribution in [0.4, 0.5) is 0 Å². The first-order valence-corrected chi connectivity index (χ1v) is 11.7. The van der Waals surface area contributed by atoms with E-state index in [0.717, 1.165) is 0 Å². The highest BCUT2D eigenvalue weighted by Gasteiger charge is 2.48. The molecule has 0 amide bonds. The van der Waals surface area contributed by atoms with Gasteiger partial charge in [0.15, 0.2) is 11.2 Å². The Kier molecular flexibility index (Phi) is 6.65. The number of ketones is 1. The van der Waals surface area contributed by atoms with E-state index in [1.807, 2.05) is 6.92 Å². The highest BCUT2D eigenvalue weighted by atomic mass is 16.5. The Morgan fingerprint density at radius 1 is 1.23 bits per heavy atom. The lowest BCUT2D eigenvalue weighted by Gasteiger charge is -2.38. The van der Waals surface area contributed by atoms with Gasteiger partial charge in [0.2, 0.25) is 0 Å². The first-order valence-electron chi connectivity index (χ1n) is 11.7. The number of methoxy groups -OCH3 is 1. The quantitative estimate of drug-likeness (QED) is 0.510. The van der Waals surface area contributed by atoms with E-state index in [4.69, 9.17) is 13.9 Å². The number of carbonyl (C=O) groups excluding carboxylic acids is 3. The molecule has 0 spiro atoms. The topological polar surface area (TPSA) is 112 Å². The molecule has 1 N–H and O–H groups in total. The minimum absolute atomic E-state index is 0.139. The predicted octanol–water partition coefficient (Wildman–Crippen LogP) is 3.75. The molecule has 2 aliphatic rings. The number of ether oxygens (including phenoxy) is 2. The van der Waals surface area contributed by atoms with E-state index in [9.17, 15) is 19.2 Å². The second kappa shape index (κ2) is 9.52. The van der Waals surface area contributed by atoms with Crippen LogP contribution in [-0.2, 0) is 23.9 Å². The van der Waals surface area contributed by atoms with Gasteiger partial charge in [-0.2, -0.15) is 0 Å². The third kappa shape index (κ3) is 4.17. The molecule has 1 aliphatic heterocycles. The second-order valence-electron chi connectivity index (χ2n) is 9.18. The standard InChI is InChI=1S/C27H29NO7/c1-6-14(3)35-27(32)21-15(4)28-18-11-13(2)20(26(31)33-5)25(30)23(18)22(21)17-12-34-19-10-8-7-9-16(19)24(17)29/h7-10,12-14,20,22,28H,6,11H2,1-5H3/t13-,14-,20-,22+/m1/s1. The highest BCUT2D eigenvalue weighted by Crippen LogP contribution is 2.45. The number of hydrogen-bond acceptors (Lipinski definition) is 8. The molecule has 0 saturated carbocycles. The van der Waals surface area contributed by atoms with E-state index in [1.165, 1.54) is 13.4 Å². The van der Waals surface area contributed by atoms with Crippen LogP contribution < -0.4 is 10.7 Å². The summed E-state index contributed by atoms with van der Waals surface area (Å²) in [4.78, 5) is 53.3. The zero-order valence-corrected chi connectivity index (χ0v) is 20.5. The number of benzene rings is 1. The SMILES string of the molecule is CC[C@@H](C)OC(=O)C1=C(C)NC2=C(C(=O)[C@H](C(=O)OC)[C@H](C)C2)[C@H]1c1coc2ccccc2c1=O. The molecule has 35 heavy (non-hydrogen) atoms. The Labute approximate surface area is 203 Å². The fraction of sp³-hybridized carbons (Fsp3) is 0.407. The number of nitrogens with one attached hydrogen (secondary N) is 1. The van der Waals surface area contributed by atoms with Gasteiger partial charge in [-0.1, -0.05) is 26.0 Å². The fourth-order valence-corrected chi connectivity index (χ4v) is 4.88. The van der Waals surface area contributed by atoms with Gasteiger partial charge in [-0.25, -0.2) is 4.79 Å². The van der Waals surface area contributed by atoms with E-state index >= 15 is 0 Å². The maximum absolute atomic E-state index is 13.8. The van der Waals surface area contributed by atoms with E-state index in [2.05, 4.69) is 5.32 Å². The number of para-hydroxylation sites is 1. The molecule has 2 heterocycles. The van der Waals surface area contributed by atoms with Crippen molar-refractivity contribution in [1.82, 2.24) is 5.32 Å². The number of rotatable bonds is 5. The third-order valence-corrected chi connectivity index (χ3v) is 6.86. The molecular formula is C27H29NO7. The zero-order valence-electron chi connectivity index (χ0n) is 20.5. The summed E-state index contributed by atoms with van der Waals surface area (Å²) in [5.41, 5.74) is 1.60. The maximum atomic E-state index is 13.8. The van der Waals surface area contributed by atoms with Crippen LogP contribution in [-0.4, -0.2) is 30.9 Å². The second-order valence-corrected chi connectivity index (χ2v) is 9.18. The fourth-order valence-electron chi connectivity index (χ4n) is 4.88. The van der Waals surface area contributed by atoms with Crippen molar-refractivity contribution in [3.8, 4) is 0 Å². The zero-order chi connectivity index (χ0) is 25.4. The lowest BCUT2D eigenvalue weighted by atomic mass is 9.69. The normalized spacial score (nSPS) is 23.0. The number of carbonyl (C=O) groups is 3. The van der Waals surface area contributed by atoms with Gasteiger partial charge in [0.25, 0.3) is 0 Å². The maximum Gasteiger partial charge on any atom is 0.337 e. The summed E-state index contributed by atoms with van der Waals surface area (Å²) in [5.74, 6) is -4.16. The van der Waals surface area contributed by atoms with Crippen molar-refractivity contribution >= 4 is 28.7 Å². The lowest BCUT2D eigenvalue weighted by molar-refractivity contribution is -0.151. The van der Waals surface area contributed by atoms with Gasteiger partial charge >= 0.3 is 11.9 Å². The van der Waals surface area contributed by atoms with Gasteiger partial charge in [0.05, 0.1) is 36.4 Å². The summed E-state index contributed by atoms with van der Waals surface area (Å²) < 4.78 is 16.3. The summed E-state index contributed by atoms with van der Waals surface area (Å²) in [6.45, 7) is 7.18. The first kappa shape index (κ1) is 24.4. The van der Waals surface area contributed by atoms with Gasteiger partial charge in [0, 0.05) is 22.5 Å². The molecule has 1 aromatic carbocycles. The molecule has 8 heteroatoms. The average Bonchev–Trinajstić information content (AvgIpc) is 2.83. The van der Waals surface area contributed by atoms with Gasteiger partial charge in [0.1, 0.15) is 11.5 Å². The molecule has 184 valence electrons. The predicted molar refractivity (Wildman–Crippen MR) is 128 cm³/mol. The molecular weight excluding hydrogens is 450 g/mol. The van der Waals surface area contributed by atoms with Crippen molar-refractivity contribution in [2.75, 3.05) is 7.11 Å². The van der Waals surface area contributed by atoms with Crippen LogP contribution in [0.15, 0.2) is 62.3 Å². The Bertz CT molecular complexity index is 1330. The van der Waals surface area contributed by atoms with Gasteiger partial charge in [-0.3, -0.25) is 14.4 Å². The molecule has 0 unspecified atom stereocenters. The van der Waals surface area contributed by atoms with Crippen molar-refractivity contribution in [3.63, 3.8) is 0 Å². The average molecular weight is 480 g/mol. The summed E-state index contributed by atoms with van der Waals surface area (Å²) in [6.07, 6.45) is 1.91. The molecule has 2 aromatic rings. The smallest absolute Gasteiger partial charge is 0.337 e. The van der Waals surface area contributed by atoms with Gasteiger partial charge < -0.3 is 19.2 Å². The summed E-state index contributed by atoms with van der Waals surface area (Å²) in [5, 5.41) is 3.52. The van der Waals surface area contributed by atoms with E-state index in [1.54, 1.807) is 45.0 Å². The van der Waals surface area contributed by atoms with Crippen LogP contribution in [0, 0.1) is 11.8 Å². The number of allylic oxidation sites excluding steroid dienone is 3. The minimum Gasteiger partial charge on any atom is -0.468 e. The molecule has 0 saturated heterocycles. The third-order valence-electron chi connectivity index (χ3n) is 6.86. The van der Waals surface area contributed by atoms with Crippen LogP contribution in [0.1, 0.15) is 52.0 Å². The number of esters is 2. The Balaban J connectivity index is 1.95. The van der Waals surface area contributed by atoms with Crippen LogP contribution in [0.2, 0.25) is 0 Å². The van der Waals surface area contributed by atoms with Crippen LogP contribution in [0.5, 0.6) is 0 Å². The lowest BCUT2D eigenvalue weighted by Crippen LogP contribution is -2.44. The number of dihydropyridines is 1. The van der Waals surface area contributed by atoms with Crippen LogP contribution in [0.25, 0.3) is 11.0 Å². The van der Waals surface area contributed by atoms with Gasteiger partial charge in [-0.15, -0.1) is 0 Å². The molecule has 1 aromatic heterocycles. The summed E-state index contributed by atoms with van der Waals surface area (Å²) >= 11 is 0. The van der Waals surface area contributed by atoms with Crippen LogP contribution >= 0.6 is 0 Å². The summed E-state index contributed by atoms with van der Waals surface area (Å²) in [6, 6.07) is 6.78. The monoisotopic (exact) mass is 479 g/mol. The van der Waals surface area contributed by atoms with E-state index < -0.39 is 29.6 Å². The van der Waals surface area contributed by atoms with Crippen molar-refractivity contribution in [2.45, 2.75) is 52.6 Å². The van der Waals surface area contributed by atoms with Gasteiger partial charge in [-0.05, 0) is 44.7 Å². The Morgan fingerprint density at radius 2 is 1.94 bits per heavy atom. The summed E-state index contributed by atoms with van der Waals surface area (Å²) in [7, 11) is 1.24. The Hall–Kier alpha value is -3.68. The van der Waals surface area contributed by atoms with Crippen molar-refractivity contribution in [2.24, 2.45) is 11.8 Å². The molecule has 0 radical (unpaired) electrons. The van der Waals surface area contributed by atoms with E-state index in [-0.39, 0.29) is 34.2 Å². The highest BCUT2D eigenvalue weighted by molar-refractivity contribution is 6.12. The molecule has 4 rings (SSSR count). The van der Waals surface area contributed by atoms with Crippen molar-refractivity contribution in [3.05, 3.63) is 68.9 Å². The van der Waals surface area contributed by atoms with Crippen molar-refractivity contribution < 1.29 is 28.3 Å². The molecule has 1 aliphatic carbocycles. The van der Waals surface area contributed by atoms with Crippen LogP contribution in [0.3, 0.4) is 0 Å².